The fourth-order valence-corrected chi connectivity index (χ4v) is 4.82. The molecule has 0 unspecified atom stereocenters. The number of rotatable bonds is 8. The summed E-state index contributed by atoms with van der Waals surface area (Å²) < 4.78 is 37.0. The molecule has 0 saturated heterocycles. The molecule has 0 aliphatic rings. The van der Waals surface area contributed by atoms with Gasteiger partial charge in [0, 0.05) is 5.69 Å². The Kier molecular flexibility index (Phi) is 8.56. The third-order valence-electron chi connectivity index (χ3n) is 5.28. The van der Waals surface area contributed by atoms with Crippen LogP contribution in [0.3, 0.4) is 0 Å². The second kappa shape index (κ2) is 11.4. The van der Waals surface area contributed by atoms with Gasteiger partial charge in [0.1, 0.15) is 16.5 Å². The summed E-state index contributed by atoms with van der Waals surface area (Å²) in [6.45, 7) is 7.73. The highest BCUT2D eigenvalue weighted by molar-refractivity contribution is 9.10. The van der Waals surface area contributed by atoms with E-state index in [1.807, 2.05) is 39.0 Å². The molecule has 0 radical (unpaired) electrons. The van der Waals surface area contributed by atoms with Gasteiger partial charge in [0.15, 0.2) is 11.5 Å². The van der Waals surface area contributed by atoms with Crippen LogP contribution in [0, 0.1) is 32.1 Å². The first kappa shape index (κ1) is 27.0. The average molecular weight is 569 g/mol. The molecule has 0 aliphatic heterocycles. The molecular formula is C27H25BrN2O5S. The fourth-order valence-electron chi connectivity index (χ4n) is 3.21. The topological polar surface area (TPSA) is 105 Å². The SMILES string of the molecule is CCOc1cc(/C=C(\C#N)C(=O)Nc2ccc(C)c(C)c2)cc(Br)c1OS(=O)(=O)c1ccc(C)cc1. The molecular weight excluding hydrogens is 544 g/mol. The number of halogens is 1. The Morgan fingerprint density at radius 2 is 1.75 bits per heavy atom. The monoisotopic (exact) mass is 568 g/mol. The van der Waals surface area contributed by atoms with E-state index in [0.29, 0.717) is 11.3 Å². The lowest BCUT2D eigenvalue weighted by atomic mass is 10.1. The number of amides is 1. The van der Waals surface area contributed by atoms with Gasteiger partial charge in [-0.1, -0.05) is 23.8 Å². The highest BCUT2D eigenvalue weighted by Gasteiger charge is 2.22. The van der Waals surface area contributed by atoms with E-state index in [4.69, 9.17) is 8.92 Å². The van der Waals surface area contributed by atoms with Crippen LogP contribution in [0.4, 0.5) is 5.69 Å². The Hall–Kier alpha value is -3.61. The van der Waals surface area contributed by atoms with Crippen molar-refractivity contribution in [3.8, 4) is 17.6 Å². The number of carbonyl (C=O) groups excluding carboxylic acids is 1. The molecule has 3 aromatic rings. The number of hydrogen-bond donors (Lipinski definition) is 1. The first-order valence-corrected chi connectivity index (χ1v) is 13.2. The number of nitrogens with zero attached hydrogens (tertiary/aromatic N) is 1. The minimum absolute atomic E-state index is 0.00111. The van der Waals surface area contributed by atoms with Crippen molar-refractivity contribution in [1.82, 2.24) is 0 Å². The van der Waals surface area contributed by atoms with Crippen molar-refractivity contribution in [2.24, 2.45) is 0 Å². The van der Waals surface area contributed by atoms with E-state index in [2.05, 4.69) is 21.2 Å². The van der Waals surface area contributed by atoms with Crippen LogP contribution in [-0.2, 0) is 14.9 Å². The Bertz CT molecular complexity index is 1470. The molecule has 9 heteroatoms. The summed E-state index contributed by atoms with van der Waals surface area (Å²) in [5.74, 6) is -0.467. The summed E-state index contributed by atoms with van der Waals surface area (Å²) >= 11 is 3.34. The highest BCUT2D eigenvalue weighted by Crippen LogP contribution is 2.39. The number of benzene rings is 3. The Balaban J connectivity index is 1.93. The van der Waals surface area contributed by atoms with E-state index in [1.165, 1.54) is 24.3 Å². The molecule has 0 fully saturated rings. The van der Waals surface area contributed by atoms with Crippen LogP contribution in [0.15, 0.2) is 69.5 Å². The van der Waals surface area contributed by atoms with Gasteiger partial charge in [-0.3, -0.25) is 4.79 Å². The Morgan fingerprint density at radius 3 is 2.36 bits per heavy atom. The Labute approximate surface area is 219 Å². The summed E-state index contributed by atoms with van der Waals surface area (Å²) in [5, 5.41) is 12.3. The lowest BCUT2D eigenvalue weighted by molar-refractivity contribution is -0.112. The largest absolute Gasteiger partial charge is 0.490 e. The summed E-state index contributed by atoms with van der Waals surface area (Å²) in [7, 11) is -4.13. The maximum atomic E-state index is 12.8. The fraction of sp³-hybridized carbons (Fsp3) is 0.185. The zero-order valence-electron chi connectivity index (χ0n) is 20.3. The third kappa shape index (κ3) is 6.53. The van der Waals surface area contributed by atoms with Crippen LogP contribution < -0.4 is 14.2 Å². The number of nitriles is 1. The maximum Gasteiger partial charge on any atom is 0.339 e. The molecule has 0 heterocycles. The molecule has 0 saturated carbocycles. The molecule has 7 nitrogen and oxygen atoms in total. The van der Waals surface area contributed by atoms with Crippen LogP contribution in [0.5, 0.6) is 11.5 Å². The van der Waals surface area contributed by atoms with E-state index in [-0.39, 0.29) is 33.0 Å². The van der Waals surface area contributed by atoms with Crippen LogP contribution >= 0.6 is 15.9 Å². The Morgan fingerprint density at radius 1 is 1.06 bits per heavy atom. The van der Waals surface area contributed by atoms with Gasteiger partial charge in [-0.15, -0.1) is 0 Å². The van der Waals surface area contributed by atoms with Crippen molar-refractivity contribution in [2.75, 3.05) is 11.9 Å². The van der Waals surface area contributed by atoms with Crippen molar-refractivity contribution < 1.29 is 22.1 Å². The van der Waals surface area contributed by atoms with Gasteiger partial charge in [0.2, 0.25) is 0 Å². The summed E-state index contributed by atoms with van der Waals surface area (Å²) in [4.78, 5) is 12.7. The molecule has 186 valence electrons. The van der Waals surface area contributed by atoms with Crippen LogP contribution in [0.25, 0.3) is 6.08 Å². The quantitative estimate of drug-likeness (QED) is 0.200. The molecule has 3 aromatic carbocycles. The second-order valence-corrected chi connectivity index (χ2v) is 10.4. The van der Waals surface area contributed by atoms with Gasteiger partial charge in [-0.05, 0) is 103 Å². The van der Waals surface area contributed by atoms with Gasteiger partial charge in [-0.25, -0.2) is 0 Å². The molecule has 0 bridgehead atoms. The van der Waals surface area contributed by atoms with Crippen LogP contribution in [0.2, 0.25) is 0 Å². The number of ether oxygens (including phenoxy) is 1. The zero-order valence-corrected chi connectivity index (χ0v) is 22.7. The molecule has 36 heavy (non-hydrogen) atoms. The molecule has 3 rings (SSSR count). The minimum atomic E-state index is -4.13. The van der Waals surface area contributed by atoms with E-state index in [9.17, 15) is 18.5 Å². The molecule has 0 aromatic heterocycles. The number of nitrogens with one attached hydrogen (secondary N) is 1. The van der Waals surface area contributed by atoms with Crippen LogP contribution in [-0.4, -0.2) is 20.9 Å². The van der Waals surface area contributed by atoms with Crippen molar-refractivity contribution in [2.45, 2.75) is 32.6 Å². The summed E-state index contributed by atoms with van der Waals surface area (Å²) in [5.41, 5.74) is 3.89. The third-order valence-corrected chi connectivity index (χ3v) is 7.10. The highest BCUT2D eigenvalue weighted by atomic mass is 79.9. The number of aryl methyl sites for hydroxylation is 3. The van der Waals surface area contributed by atoms with E-state index < -0.39 is 16.0 Å². The molecule has 1 N–H and O–H groups in total. The lowest BCUT2D eigenvalue weighted by Gasteiger charge is -2.15. The first-order chi connectivity index (χ1) is 17.0. The average Bonchev–Trinajstić information content (AvgIpc) is 2.82. The standard InChI is InChI=1S/C27H25BrN2O5S/c1-5-34-25-15-20(13-21(16-29)27(31)30-22-9-8-18(3)19(4)12-22)14-24(28)26(25)35-36(32,33)23-10-6-17(2)7-11-23/h6-15H,5H2,1-4H3,(H,30,31)/b21-13+. The van der Waals surface area contributed by atoms with E-state index in [1.54, 1.807) is 31.2 Å². The second-order valence-electron chi connectivity index (χ2n) is 8.04. The van der Waals surface area contributed by atoms with E-state index in [0.717, 1.165) is 16.7 Å². The maximum absolute atomic E-state index is 12.8. The normalized spacial score (nSPS) is 11.5. The first-order valence-electron chi connectivity index (χ1n) is 11.0. The van der Waals surface area contributed by atoms with Gasteiger partial charge in [-0.2, -0.15) is 13.7 Å². The van der Waals surface area contributed by atoms with Gasteiger partial charge < -0.3 is 14.2 Å². The molecule has 0 spiro atoms. The summed E-state index contributed by atoms with van der Waals surface area (Å²) in [6.07, 6.45) is 1.39. The van der Waals surface area contributed by atoms with Gasteiger partial charge >= 0.3 is 10.1 Å². The molecule has 1 amide bonds. The molecule has 0 atom stereocenters. The van der Waals surface area contributed by atoms with Crippen molar-refractivity contribution in [3.05, 3.63) is 86.9 Å². The predicted molar refractivity (Wildman–Crippen MR) is 142 cm³/mol. The predicted octanol–water partition coefficient (Wildman–Crippen LogP) is 6.09. The number of carbonyl (C=O) groups is 1. The van der Waals surface area contributed by atoms with Crippen molar-refractivity contribution in [1.29, 1.82) is 5.26 Å². The number of hydrogen-bond acceptors (Lipinski definition) is 6. The smallest absolute Gasteiger partial charge is 0.339 e. The van der Waals surface area contributed by atoms with Gasteiger partial charge in [0.25, 0.3) is 5.91 Å². The number of anilines is 1. The van der Waals surface area contributed by atoms with Gasteiger partial charge in [0.05, 0.1) is 11.1 Å². The van der Waals surface area contributed by atoms with E-state index >= 15 is 0 Å². The minimum Gasteiger partial charge on any atom is -0.490 e. The van der Waals surface area contributed by atoms with Crippen molar-refractivity contribution >= 4 is 43.7 Å². The summed E-state index contributed by atoms with van der Waals surface area (Å²) in [6, 6.07) is 16.7. The lowest BCUT2D eigenvalue weighted by Crippen LogP contribution is -2.13. The van der Waals surface area contributed by atoms with Crippen LogP contribution in [0.1, 0.15) is 29.2 Å². The van der Waals surface area contributed by atoms with Crippen molar-refractivity contribution in [3.63, 3.8) is 0 Å². The molecule has 0 aliphatic carbocycles. The zero-order chi connectivity index (χ0) is 26.5.